The van der Waals surface area contributed by atoms with E-state index >= 15 is 0 Å². The third-order valence-electron chi connectivity index (χ3n) is 3.16. The maximum atomic E-state index is 10.7. The second-order valence-electron chi connectivity index (χ2n) is 4.62. The van der Waals surface area contributed by atoms with Gasteiger partial charge in [0.15, 0.2) is 0 Å². The average molecular weight is 255 g/mol. The Kier molecular flexibility index (Phi) is 2.67. The molecule has 0 saturated carbocycles. The molecule has 19 heavy (non-hydrogen) atoms. The van der Waals surface area contributed by atoms with Gasteiger partial charge in [0.2, 0.25) is 0 Å². The second-order valence-corrected chi connectivity index (χ2v) is 4.62. The Balaban J connectivity index is 2.15. The highest BCUT2D eigenvalue weighted by atomic mass is 16.4. The number of aliphatic carboxylic acids is 1. The topological polar surface area (TPSA) is 68.0 Å². The summed E-state index contributed by atoms with van der Waals surface area (Å²) in [6.45, 7) is 1.80. The molecule has 1 atom stereocenters. The fourth-order valence-electron chi connectivity index (χ4n) is 2.20. The molecule has 1 N–H and O–H groups in total. The average Bonchev–Trinajstić information content (AvgIpc) is 2.82. The number of carboxylic acids is 1. The summed E-state index contributed by atoms with van der Waals surface area (Å²) >= 11 is 0. The molecule has 0 radical (unpaired) electrons. The minimum Gasteiger partial charge on any atom is -0.481 e. The Bertz CT molecular complexity index is 764. The number of hydrogen-bond donors (Lipinski definition) is 1. The van der Waals surface area contributed by atoms with Crippen molar-refractivity contribution in [2.45, 2.75) is 19.4 Å². The van der Waals surface area contributed by atoms with Crippen molar-refractivity contribution in [1.82, 2.24) is 15.0 Å². The summed E-state index contributed by atoms with van der Waals surface area (Å²) in [7, 11) is 0. The van der Waals surface area contributed by atoms with Crippen LogP contribution in [0.3, 0.4) is 0 Å². The summed E-state index contributed by atoms with van der Waals surface area (Å²) in [5.41, 5.74) is 1.60. The maximum Gasteiger partial charge on any atom is 0.305 e. The zero-order valence-electron chi connectivity index (χ0n) is 10.4. The fourth-order valence-corrected chi connectivity index (χ4v) is 2.20. The van der Waals surface area contributed by atoms with E-state index in [1.165, 1.54) is 4.80 Å². The van der Waals surface area contributed by atoms with Crippen molar-refractivity contribution in [2.75, 3.05) is 0 Å². The fraction of sp³-hybridized carbons (Fsp3) is 0.214. The van der Waals surface area contributed by atoms with Gasteiger partial charge in [-0.25, -0.2) is 0 Å². The zero-order chi connectivity index (χ0) is 13.4. The van der Waals surface area contributed by atoms with E-state index < -0.39 is 5.97 Å². The number of rotatable bonds is 3. The molecule has 1 heterocycles. The van der Waals surface area contributed by atoms with Crippen molar-refractivity contribution in [2.24, 2.45) is 0 Å². The molecule has 0 amide bonds. The highest BCUT2D eigenvalue weighted by Gasteiger charge is 2.14. The lowest BCUT2D eigenvalue weighted by Gasteiger charge is -2.05. The lowest BCUT2D eigenvalue weighted by atomic mass is 10.1. The van der Waals surface area contributed by atoms with E-state index in [0.29, 0.717) is 0 Å². The summed E-state index contributed by atoms with van der Waals surface area (Å²) in [6.07, 6.45) is 0.0128. The lowest BCUT2D eigenvalue weighted by Crippen LogP contribution is -2.13. The van der Waals surface area contributed by atoms with Crippen molar-refractivity contribution < 1.29 is 9.90 Å². The van der Waals surface area contributed by atoms with Crippen LogP contribution >= 0.6 is 0 Å². The predicted molar refractivity (Wildman–Crippen MR) is 72.0 cm³/mol. The molecular formula is C14H13N3O2. The van der Waals surface area contributed by atoms with Gasteiger partial charge >= 0.3 is 5.97 Å². The van der Waals surface area contributed by atoms with Gasteiger partial charge in [-0.05, 0) is 18.4 Å². The van der Waals surface area contributed by atoms with Gasteiger partial charge in [0.1, 0.15) is 11.0 Å². The van der Waals surface area contributed by atoms with Crippen LogP contribution in [0, 0.1) is 0 Å². The van der Waals surface area contributed by atoms with Crippen LogP contribution in [0.2, 0.25) is 0 Å². The van der Waals surface area contributed by atoms with E-state index in [1.807, 2.05) is 36.4 Å². The number of fused-ring (bicyclic) bond motifs is 3. The van der Waals surface area contributed by atoms with Crippen LogP contribution < -0.4 is 0 Å². The highest BCUT2D eigenvalue weighted by Crippen LogP contribution is 2.23. The van der Waals surface area contributed by atoms with Gasteiger partial charge in [0.05, 0.1) is 12.5 Å². The summed E-state index contributed by atoms with van der Waals surface area (Å²) in [5, 5.41) is 19.8. The van der Waals surface area contributed by atoms with Crippen LogP contribution in [-0.4, -0.2) is 26.1 Å². The van der Waals surface area contributed by atoms with Gasteiger partial charge in [0, 0.05) is 5.39 Å². The van der Waals surface area contributed by atoms with Crippen LogP contribution in [0.4, 0.5) is 0 Å². The molecule has 1 aromatic heterocycles. The Labute approximate surface area is 109 Å². The summed E-state index contributed by atoms with van der Waals surface area (Å²) < 4.78 is 0. The van der Waals surface area contributed by atoms with E-state index in [1.54, 1.807) is 6.92 Å². The number of carboxylic acid groups (broad SMARTS) is 1. The first kappa shape index (κ1) is 11.6. The van der Waals surface area contributed by atoms with Crippen molar-refractivity contribution in [3.05, 3.63) is 36.4 Å². The van der Waals surface area contributed by atoms with E-state index in [-0.39, 0.29) is 12.5 Å². The third kappa shape index (κ3) is 2.03. The van der Waals surface area contributed by atoms with Gasteiger partial charge < -0.3 is 5.11 Å². The number of benzene rings is 2. The molecule has 96 valence electrons. The molecular weight excluding hydrogens is 242 g/mol. The first-order valence-electron chi connectivity index (χ1n) is 6.11. The molecule has 0 saturated heterocycles. The number of nitrogens with zero attached hydrogens (tertiary/aromatic N) is 3. The Morgan fingerprint density at radius 1 is 1.26 bits per heavy atom. The van der Waals surface area contributed by atoms with Crippen molar-refractivity contribution in [1.29, 1.82) is 0 Å². The maximum absolute atomic E-state index is 10.7. The van der Waals surface area contributed by atoms with Crippen LogP contribution in [0.1, 0.15) is 19.4 Å². The van der Waals surface area contributed by atoms with E-state index in [4.69, 9.17) is 5.11 Å². The van der Waals surface area contributed by atoms with Crippen LogP contribution in [0.5, 0.6) is 0 Å². The Morgan fingerprint density at radius 2 is 2.05 bits per heavy atom. The lowest BCUT2D eigenvalue weighted by molar-refractivity contribution is -0.137. The van der Waals surface area contributed by atoms with Crippen molar-refractivity contribution in [3.8, 4) is 0 Å². The molecule has 1 unspecified atom stereocenters. The number of aromatic nitrogens is 3. The molecule has 3 rings (SSSR count). The second kappa shape index (κ2) is 4.35. The van der Waals surface area contributed by atoms with Gasteiger partial charge in [-0.2, -0.15) is 15.0 Å². The number of carbonyl (C=O) groups is 1. The van der Waals surface area contributed by atoms with Gasteiger partial charge in [-0.3, -0.25) is 4.79 Å². The predicted octanol–water partition coefficient (Wildman–Crippen LogP) is 2.62. The molecule has 0 spiro atoms. The minimum atomic E-state index is -0.848. The normalized spacial score (nSPS) is 12.9. The highest BCUT2D eigenvalue weighted by molar-refractivity contribution is 6.03. The molecule has 0 aliphatic carbocycles. The third-order valence-corrected chi connectivity index (χ3v) is 3.16. The molecule has 3 aromatic rings. The molecule has 0 aliphatic rings. The smallest absolute Gasteiger partial charge is 0.305 e. The molecule has 0 fully saturated rings. The summed E-state index contributed by atoms with van der Waals surface area (Å²) in [6, 6.07) is 11.6. The number of hydrogen-bond acceptors (Lipinski definition) is 3. The van der Waals surface area contributed by atoms with Crippen LogP contribution in [0.25, 0.3) is 21.8 Å². The van der Waals surface area contributed by atoms with Crippen molar-refractivity contribution >= 4 is 27.8 Å². The molecule has 5 heteroatoms. The molecule has 5 nitrogen and oxygen atoms in total. The van der Waals surface area contributed by atoms with Gasteiger partial charge in [0.25, 0.3) is 0 Å². The first-order valence-corrected chi connectivity index (χ1v) is 6.11. The molecule has 0 bridgehead atoms. The summed E-state index contributed by atoms with van der Waals surface area (Å²) in [4.78, 5) is 12.2. The SMILES string of the molecule is CC(CC(=O)O)n1nc2ccc3ccccc3c2n1. The standard InChI is InChI=1S/C14H13N3O2/c1-9(8-13(18)19)17-15-12-7-6-10-4-2-3-5-11(10)14(12)16-17/h2-7,9H,8H2,1H3,(H,18,19). The van der Waals surface area contributed by atoms with Gasteiger partial charge in [-0.15, -0.1) is 0 Å². The zero-order valence-corrected chi connectivity index (χ0v) is 10.4. The minimum absolute atomic E-state index is 0.0128. The quantitative estimate of drug-likeness (QED) is 0.781. The largest absolute Gasteiger partial charge is 0.481 e. The van der Waals surface area contributed by atoms with Crippen molar-refractivity contribution in [3.63, 3.8) is 0 Å². The summed E-state index contributed by atoms with van der Waals surface area (Å²) in [5.74, 6) is -0.848. The first-order chi connectivity index (χ1) is 9.15. The van der Waals surface area contributed by atoms with E-state index in [9.17, 15) is 4.79 Å². The Hall–Kier alpha value is -2.43. The molecule has 0 aliphatic heterocycles. The van der Waals surface area contributed by atoms with E-state index in [2.05, 4.69) is 10.2 Å². The van der Waals surface area contributed by atoms with Gasteiger partial charge in [-0.1, -0.05) is 30.3 Å². The van der Waals surface area contributed by atoms with Crippen LogP contribution in [-0.2, 0) is 4.79 Å². The molecule has 2 aromatic carbocycles. The van der Waals surface area contributed by atoms with Crippen LogP contribution in [0.15, 0.2) is 36.4 Å². The van der Waals surface area contributed by atoms with E-state index in [0.717, 1.165) is 21.8 Å². The Morgan fingerprint density at radius 3 is 2.84 bits per heavy atom. The monoisotopic (exact) mass is 255 g/mol.